The molecule has 0 aliphatic rings. The Morgan fingerprint density at radius 1 is 1.15 bits per heavy atom. The molecule has 0 spiro atoms. The lowest BCUT2D eigenvalue weighted by Crippen LogP contribution is -2.18. The van der Waals surface area contributed by atoms with E-state index in [1.165, 1.54) is 0 Å². The van der Waals surface area contributed by atoms with Crippen molar-refractivity contribution in [3.63, 3.8) is 0 Å². The fourth-order valence-electron chi connectivity index (χ4n) is 2.02. The number of anilines is 1. The number of nitrogen functional groups attached to an aromatic ring is 1. The van der Waals surface area contributed by atoms with Crippen LogP contribution in [0.25, 0.3) is 11.3 Å². The molecule has 5 heteroatoms. The molecule has 3 N–H and O–H groups in total. The van der Waals surface area contributed by atoms with E-state index in [1.807, 2.05) is 51.4 Å². The normalized spacial score (nSPS) is 10.8. The SMILES string of the molecule is Cc1c(NN)nc(CCN(C)C)nc1-c1ccccc1. The van der Waals surface area contributed by atoms with Gasteiger partial charge in [-0.2, -0.15) is 0 Å². The Hall–Kier alpha value is -1.98. The minimum atomic E-state index is 0.688. The molecule has 2 rings (SSSR count). The number of nitrogens with two attached hydrogens (primary N) is 1. The lowest BCUT2D eigenvalue weighted by atomic mass is 10.1. The van der Waals surface area contributed by atoms with Crippen molar-refractivity contribution < 1.29 is 0 Å². The fourth-order valence-corrected chi connectivity index (χ4v) is 2.02. The van der Waals surface area contributed by atoms with E-state index in [1.54, 1.807) is 0 Å². The molecule has 5 nitrogen and oxygen atoms in total. The number of nitrogens with one attached hydrogen (secondary N) is 1. The molecule has 2 aromatic rings. The first kappa shape index (κ1) is 14.4. The summed E-state index contributed by atoms with van der Waals surface area (Å²) in [7, 11) is 4.07. The maximum atomic E-state index is 5.57. The van der Waals surface area contributed by atoms with Gasteiger partial charge in [-0.05, 0) is 21.0 Å². The highest BCUT2D eigenvalue weighted by atomic mass is 15.3. The lowest BCUT2D eigenvalue weighted by molar-refractivity contribution is 0.409. The van der Waals surface area contributed by atoms with E-state index in [9.17, 15) is 0 Å². The van der Waals surface area contributed by atoms with Crippen LogP contribution in [0.15, 0.2) is 30.3 Å². The monoisotopic (exact) mass is 271 g/mol. The van der Waals surface area contributed by atoms with Gasteiger partial charge in [0.15, 0.2) is 0 Å². The summed E-state index contributed by atoms with van der Waals surface area (Å²) in [5.41, 5.74) is 5.65. The second-order valence-electron chi connectivity index (χ2n) is 5.03. The van der Waals surface area contributed by atoms with Crippen LogP contribution in [0.4, 0.5) is 5.82 Å². The summed E-state index contributed by atoms with van der Waals surface area (Å²) in [6.45, 7) is 2.88. The minimum absolute atomic E-state index is 0.688. The van der Waals surface area contributed by atoms with Gasteiger partial charge in [0.25, 0.3) is 0 Å². The Morgan fingerprint density at radius 3 is 2.45 bits per heavy atom. The Labute approximate surface area is 119 Å². The number of nitrogens with zero attached hydrogens (tertiary/aromatic N) is 3. The predicted octanol–water partition coefficient (Wildman–Crippen LogP) is 1.84. The molecule has 1 aromatic carbocycles. The van der Waals surface area contributed by atoms with Crippen molar-refractivity contribution in [3.05, 3.63) is 41.7 Å². The standard InChI is InChI=1S/C15H21N5/c1-11-14(12-7-5-4-6-8-12)17-13(9-10-20(2)3)18-15(11)19-16/h4-8H,9-10,16H2,1-3H3,(H,17,18,19). The van der Waals surface area contributed by atoms with Crippen LogP contribution in [0.1, 0.15) is 11.4 Å². The number of hydrogen-bond acceptors (Lipinski definition) is 5. The average Bonchev–Trinajstić information content (AvgIpc) is 2.47. The molecule has 0 atom stereocenters. The summed E-state index contributed by atoms with van der Waals surface area (Å²) in [4.78, 5) is 11.3. The second kappa shape index (κ2) is 6.45. The summed E-state index contributed by atoms with van der Waals surface area (Å²) in [6, 6.07) is 10.1. The molecular formula is C15H21N5. The quantitative estimate of drug-likeness (QED) is 0.641. The highest BCUT2D eigenvalue weighted by Crippen LogP contribution is 2.25. The molecule has 0 saturated carbocycles. The molecular weight excluding hydrogens is 250 g/mol. The van der Waals surface area contributed by atoms with Crippen LogP contribution in [-0.2, 0) is 6.42 Å². The van der Waals surface area contributed by atoms with Gasteiger partial charge < -0.3 is 10.3 Å². The van der Waals surface area contributed by atoms with E-state index in [0.29, 0.717) is 5.82 Å². The zero-order valence-electron chi connectivity index (χ0n) is 12.2. The molecule has 0 amide bonds. The summed E-state index contributed by atoms with van der Waals surface area (Å²) < 4.78 is 0. The summed E-state index contributed by atoms with van der Waals surface area (Å²) in [5, 5.41) is 0. The van der Waals surface area contributed by atoms with E-state index in [4.69, 9.17) is 5.84 Å². The van der Waals surface area contributed by atoms with Crippen LogP contribution >= 0.6 is 0 Å². The molecule has 0 aliphatic heterocycles. The third-order valence-electron chi connectivity index (χ3n) is 3.16. The molecule has 106 valence electrons. The summed E-state index contributed by atoms with van der Waals surface area (Å²) >= 11 is 0. The van der Waals surface area contributed by atoms with Crippen LogP contribution in [0.2, 0.25) is 0 Å². The number of hydrogen-bond donors (Lipinski definition) is 2. The van der Waals surface area contributed by atoms with Gasteiger partial charge in [0, 0.05) is 24.1 Å². The Kier molecular flexibility index (Phi) is 4.65. The van der Waals surface area contributed by atoms with E-state index in [-0.39, 0.29) is 0 Å². The van der Waals surface area contributed by atoms with Gasteiger partial charge >= 0.3 is 0 Å². The van der Waals surface area contributed by atoms with Crippen molar-refractivity contribution >= 4 is 5.82 Å². The van der Waals surface area contributed by atoms with E-state index in [0.717, 1.165) is 35.6 Å². The van der Waals surface area contributed by atoms with Crippen molar-refractivity contribution in [3.8, 4) is 11.3 Å². The maximum Gasteiger partial charge on any atom is 0.147 e. The van der Waals surface area contributed by atoms with Gasteiger partial charge in [0.2, 0.25) is 0 Å². The van der Waals surface area contributed by atoms with Crippen molar-refractivity contribution in [2.24, 2.45) is 5.84 Å². The number of benzene rings is 1. The van der Waals surface area contributed by atoms with E-state index < -0.39 is 0 Å². The third-order valence-corrected chi connectivity index (χ3v) is 3.16. The van der Waals surface area contributed by atoms with Crippen molar-refractivity contribution in [1.29, 1.82) is 0 Å². The van der Waals surface area contributed by atoms with Gasteiger partial charge in [0.1, 0.15) is 11.6 Å². The Morgan fingerprint density at radius 2 is 1.85 bits per heavy atom. The predicted molar refractivity (Wildman–Crippen MR) is 82.3 cm³/mol. The van der Waals surface area contributed by atoms with Crippen molar-refractivity contribution in [1.82, 2.24) is 14.9 Å². The van der Waals surface area contributed by atoms with Crippen LogP contribution in [0.5, 0.6) is 0 Å². The first-order valence-corrected chi connectivity index (χ1v) is 6.66. The fraction of sp³-hybridized carbons (Fsp3) is 0.333. The van der Waals surface area contributed by atoms with E-state index >= 15 is 0 Å². The Balaban J connectivity index is 2.42. The molecule has 0 bridgehead atoms. The largest absolute Gasteiger partial charge is 0.309 e. The average molecular weight is 271 g/mol. The minimum Gasteiger partial charge on any atom is -0.309 e. The molecule has 0 fully saturated rings. The van der Waals surface area contributed by atoms with Crippen LogP contribution < -0.4 is 11.3 Å². The molecule has 1 heterocycles. The van der Waals surface area contributed by atoms with Crippen LogP contribution in [0.3, 0.4) is 0 Å². The van der Waals surface area contributed by atoms with Crippen LogP contribution in [0, 0.1) is 6.92 Å². The molecule has 20 heavy (non-hydrogen) atoms. The molecule has 0 aliphatic carbocycles. The van der Waals surface area contributed by atoms with Gasteiger partial charge in [-0.15, -0.1) is 0 Å². The highest BCUT2D eigenvalue weighted by molar-refractivity contribution is 5.67. The van der Waals surface area contributed by atoms with Gasteiger partial charge in [0.05, 0.1) is 5.69 Å². The number of likely N-dealkylation sites (N-methyl/N-ethyl adjacent to an activating group) is 1. The van der Waals surface area contributed by atoms with Crippen molar-refractivity contribution in [2.45, 2.75) is 13.3 Å². The lowest BCUT2D eigenvalue weighted by Gasteiger charge is -2.13. The first-order valence-electron chi connectivity index (χ1n) is 6.66. The topological polar surface area (TPSA) is 67.1 Å². The Bertz CT molecular complexity index is 566. The van der Waals surface area contributed by atoms with Crippen LogP contribution in [-0.4, -0.2) is 35.5 Å². The number of hydrazine groups is 1. The van der Waals surface area contributed by atoms with Gasteiger partial charge in [-0.1, -0.05) is 30.3 Å². The maximum absolute atomic E-state index is 5.57. The third kappa shape index (κ3) is 3.31. The highest BCUT2D eigenvalue weighted by Gasteiger charge is 2.11. The smallest absolute Gasteiger partial charge is 0.147 e. The second-order valence-corrected chi connectivity index (χ2v) is 5.03. The van der Waals surface area contributed by atoms with Gasteiger partial charge in [-0.3, -0.25) is 0 Å². The number of aromatic nitrogens is 2. The first-order chi connectivity index (χ1) is 9.61. The zero-order chi connectivity index (χ0) is 14.5. The zero-order valence-corrected chi connectivity index (χ0v) is 12.2. The molecule has 0 unspecified atom stereocenters. The molecule has 1 aromatic heterocycles. The van der Waals surface area contributed by atoms with Crippen molar-refractivity contribution in [2.75, 3.05) is 26.1 Å². The number of rotatable bonds is 5. The molecule has 0 saturated heterocycles. The summed E-state index contributed by atoms with van der Waals surface area (Å²) in [6.07, 6.45) is 0.793. The summed E-state index contributed by atoms with van der Waals surface area (Å²) in [5.74, 6) is 7.06. The van der Waals surface area contributed by atoms with Gasteiger partial charge in [-0.25, -0.2) is 15.8 Å². The van der Waals surface area contributed by atoms with E-state index in [2.05, 4.69) is 20.3 Å². The molecule has 0 radical (unpaired) electrons.